The first-order valence-electron chi connectivity index (χ1n) is 8.08. The molecule has 0 unspecified atom stereocenters. The second-order valence-electron chi connectivity index (χ2n) is 6.05. The highest BCUT2D eigenvalue weighted by atomic mass is 35.5. The van der Waals surface area contributed by atoms with E-state index in [1.807, 2.05) is 12.1 Å². The number of halogens is 1. The molecule has 2 heterocycles. The summed E-state index contributed by atoms with van der Waals surface area (Å²) in [5, 5.41) is 10.2. The Morgan fingerprint density at radius 2 is 2.12 bits per heavy atom. The second-order valence-corrected chi connectivity index (χ2v) is 7.54. The molecule has 7 heteroatoms. The highest BCUT2D eigenvalue weighted by Crippen LogP contribution is 2.36. The van der Waals surface area contributed by atoms with Gasteiger partial charge in [0.15, 0.2) is 0 Å². The molecule has 0 atom stereocenters. The Hall–Kier alpha value is -2.18. The molecule has 0 saturated carbocycles. The quantitative estimate of drug-likeness (QED) is 0.755. The SMILES string of the molecule is O=C(O)CCn1c(-c2ccccc2Cl)nc2sc3c(c2c1=O)CCC3. The van der Waals surface area contributed by atoms with Crippen LogP contribution in [0.25, 0.3) is 21.6 Å². The van der Waals surface area contributed by atoms with Gasteiger partial charge in [-0.05, 0) is 37.0 Å². The second kappa shape index (κ2) is 6.28. The van der Waals surface area contributed by atoms with Gasteiger partial charge >= 0.3 is 5.97 Å². The molecular formula is C18H15ClN2O3S. The van der Waals surface area contributed by atoms with Crippen molar-refractivity contribution in [2.24, 2.45) is 0 Å². The molecule has 25 heavy (non-hydrogen) atoms. The van der Waals surface area contributed by atoms with Crippen molar-refractivity contribution in [1.82, 2.24) is 9.55 Å². The van der Waals surface area contributed by atoms with Gasteiger partial charge in [0, 0.05) is 17.0 Å². The number of thiophene rings is 1. The number of hydrogen-bond acceptors (Lipinski definition) is 4. The van der Waals surface area contributed by atoms with Crippen LogP contribution in [0.3, 0.4) is 0 Å². The fourth-order valence-corrected chi connectivity index (χ4v) is 4.81. The molecular weight excluding hydrogens is 360 g/mol. The first-order valence-corrected chi connectivity index (χ1v) is 9.27. The third kappa shape index (κ3) is 2.75. The molecule has 0 aliphatic heterocycles. The number of aryl methyl sites for hydroxylation is 2. The number of carboxylic acid groups (broad SMARTS) is 1. The molecule has 0 fully saturated rings. The van der Waals surface area contributed by atoms with E-state index in [4.69, 9.17) is 21.7 Å². The van der Waals surface area contributed by atoms with Crippen LogP contribution < -0.4 is 5.56 Å². The molecule has 0 bridgehead atoms. The average Bonchev–Trinajstić information content (AvgIpc) is 3.14. The summed E-state index contributed by atoms with van der Waals surface area (Å²) in [4.78, 5) is 30.9. The molecule has 0 radical (unpaired) electrons. The van der Waals surface area contributed by atoms with Crippen LogP contribution in [-0.4, -0.2) is 20.6 Å². The first-order chi connectivity index (χ1) is 12.1. The number of carboxylic acids is 1. The van der Waals surface area contributed by atoms with E-state index in [9.17, 15) is 9.59 Å². The van der Waals surface area contributed by atoms with Crippen LogP contribution >= 0.6 is 22.9 Å². The lowest BCUT2D eigenvalue weighted by molar-refractivity contribution is -0.137. The van der Waals surface area contributed by atoms with E-state index in [2.05, 4.69) is 0 Å². The van der Waals surface area contributed by atoms with E-state index in [-0.39, 0.29) is 18.5 Å². The maximum atomic E-state index is 13.2. The van der Waals surface area contributed by atoms with Crippen molar-refractivity contribution in [3.63, 3.8) is 0 Å². The zero-order valence-corrected chi connectivity index (χ0v) is 14.9. The van der Waals surface area contributed by atoms with Crippen LogP contribution in [-0.2, 0) is 24.2 Å². The smallest absolute Gasteiger partial charge is 0.305 e. The number of benzene rings is 1. The number of fused-ring (bicyclic) bond motifs is 3. The highest BCUT2D eigenvalue weighted by Gasteiger charge is 2.24. The van der Waals surface area contributed by atoms with Crippen molar-refractivity contribution in [3.05, 3.63) is 50.1 Å². The zero-order valence-electron chi connectivity index (χ0n) is 13.3. The van der Waals surface area contributed by atoms with E-state index in [1.165, 1.54) is 9.44 Å². The third-order valence-corrected chi connectivity index (χ3v) is 6.00. The minimum Gasteiger partial charge on any atom is -0.481 e. The van der Waals surface area contributed by atoms with Crippen LogP contribution in [0.4, 0.5) is 0 Å². The lowest BCUT2D eigenvalue weighted by Gasteiger charge is -2.13. The largest absolute Gasteiger partial charge is 0.481 e. The number of nitrogens with zero attached hydrogens (tertiary/aromatic N) is 2. The summed E-state index contributed by atoms with van der Waals surface area (Å²) in [6.45, 7) is 0.0717. The molecule has 2 aromatic heterocycles. The number of rotatable bonds is 4. The minimum absolute atomic E-state index is 0.0717. The van der Waals surface area contributed by atoms with Crippen molar-refractivity contribution in [2.75, 3.05) is 0 Å². The molecule has 3 aromatic rings. The Morgan fingerprint density at radius 3 is 2.88 bits per heavy atom. The van der Waals surface area contributed by atoms with E-state index in [1.54, 1.807) is 23.5 Å². The topological polar surface area (TPSA) is 72.2 Å². The molecule has 0 amide bonds. The van der Waals surface area contributed by atoms with Gasteiger partial charge < -0.3 is 5.11 Å². The predicted octanol–water partition coefficient (Wildman–Crippen LogP) is 3.74. The zero-order chi connectivity index (χ0) is 17.6. The Labute approximate surface area is 152 Å². The Kier molecular flexibility index (Phi) is 4.09. The van der Waals surface area contributed by atoms with Gasteiger partial charge in [-0.25, -0.2) is 4.98 Å². The fraction of sp³-hybridized carbons (Fsp3) is 0.278. The normalized spacial score (nSPS) is 13.3. The lowest BCUT2D eigenvalue weighted by atomic mass is 10.1. The summed E-state index contributed by atoms with van der Waals surface area (Å²) in [6, 6.07) is 7.18. The Bertz CT molecular complexity index is 1050. The van der Waals surface area contributed by atoms with Crippen LogP contribution in [0.1, 0.15) is 23.3 Å². The Balaban J connectivity index is 2.00. The van der Waals surface area contributed by atoms with Gasteiger partial charge in [-0.3, -0.25) is 14.2 Å². The van der Waals surface area contributed by atoms with Crippen molar-refractivity contribution in [2.45, 2.75) is 32.2 Å². The summed E-state index contributed by atoms with van der Waals surface area (Å²) in [6.07, 6.45) is 2.78. The van der Waals surface area contributed by atoms with Crippen LogP contribution in [0.15, 0.2) is 29.1 Å². The summed E-state index contributed by atoms with van der Waals surface area (Å²) < 4.78 is 1.46. The summed E-state index contributed by atoms with van der Waals surface area (Å²) in [5.41, 5.74) is 1.56. The lowest BCUT2D eigenvalue weighted by Crippen LogP contribution is -2.25. The molecule has 5 nitrogen and oxygen atoms in total. The third-order valence-electron chi connectivity index (χ3n) is 4.49. The Morgan fingerprint density at radius 1 is 1.32 bits per heavy atom. The van der Waals surface area contributed by atoms with Gasteiger partial charge in [-0.2, -0.15) is 0 Å². The molecule has 0 spiro atoms. The molecule has 1 N–H and O–H groups in total. The van der Waals surface area contributed by atoms with Gasteiger partial charge in [0.2, 0.25) is 0 Å². The monoisotopic (exact) mass is 374 g/mol. The maximum absolute atomic E-state index is 13.2. The van der Waals surface area contributed by atoms with Crippen LogP contribution in [0.2, 0.25) is 5.02 Å². The van der Waals surface area contributed by atoms with E-state index >= 15 is 0 Å². The molecule has 128 valence electrons. The summed E-state index contributed by atoms with van der Waals surface area (Å²) >= 11 is 7.87. The number of hydrogen-bond donors (Lipinski definition) is 1. The van der Waals surface area contributed by atoms with Gasteiger partial charge in [-0.15, -0.1) is 11.3 Å². The predicted molar refractivity (Wildman–Crippen MR) is 98.6 cm³/mol. The fourth-order valence-electron chi connectivity index (χ4n) is 3.34. The summed E-state index contributed by atoms with van der Waals surface area (Å²) in [5.74, 6) is -0.517. The molecule has 1 aliphatic carbocycles. The number of carbonyl (C=O) groups is 1. The van der Waals surface area contributed by atoms with Crippen LogP contribution in [0.5, 0.6) is 0 Å². The molecule has 1 aromatic carbocycles. The van der Waals surface area contributed by atoms with Gasteiger partial charge in [0.25, 0.3) is 5.56 Å². The van der Waals surface area contributed by atoms with Gasteiger partial charge in [-0.1, -0.05) is 23.7 Å². The van der Waals surface area contributed by atoms with Crippen molar-refractivity contribution < 1.29 is 9.90 Å². The maximum Gasteiger partial charge on any atom is 0.305 e. The van der Waals surface area contributed by atoms with E-state index in [0.29, 0.717) is 21.8 Å². The molecule has 0 saturated heterocycles. The molecule has 1 aliphatic rings. The first kappa shape index (κ1) is 16.3. The number of aliphatic carboxylic acids is 1. The van der Waals surface area contributed by atoms with Gasteiger partial charge in [0.1, 0.15) is 10.7 Å². The van der Waals surface area contributed by atoms with E-state index in [0.717, 1.165) is 29.7 Å². The number of aromatic nitrogens is 2. The van der Waals surface area contributed by atoms with Gasteiger partial charge in [0.05, 0.1) is 16.8 Å². The minimum atomic E-state index is -0.951. The summed E-state index contributed by atoms with van der Waals surface area (Å²) in [7, 11) is 0. The van der Waals surface area contributed by atoms with E-state index < -0.39 is 5.97 Å². The van der Waals surface area contributed by atoms with Crippen molar-refractivity contribution >= 4 is 39.1 Å². The average molecular weight is 375 g/mol. The van der Waals surface area contributed by atoms with Crippen molar-refractivity contribution in [3.8, 4) is 11.4 Å². The van der Waals surface area contributed by atoms with Crippen molar-refractivity contribution in [1.29, 1.82) is 0 Å². The standard InChI is InChI=1S/C18H15ClN2O3S/c19-12-6-2-1-4-10(12)16-20-17-15(11-5-3-7-13(11)25-17)18(24)21(16)9-8-14(22)23/h1-2,4,6H,3,5,7-9H2,(H,22,23). The molecule has 4 rings (SSSR count). The highest BCUT2D eigenvalue weighted by molar-refractivity contribution is 7.18. The van der Waals surface area contributed by atoms with Crippen LogP contribution in [0, 0.1) is 0 Å².